The summed E-state index contributed by atoms with van der Waals surface area (Å²) in [6.07, 6.45) is 0.841. The fourth-order valence-corrected chi connectivity index (χ4v) is 2.77. The molecule has 0 radical (unpaired) electrons. The molecule has 0 saturated heterocycles. The lowest BCUT2D eigenvalue weighted by atomic mass is 10.1. The minimum atomic E-state index is -0.166. The smallest absolute Gasteiger partial charge is 0.255 e. The van der Waals surface area contributed by atoms with Crippen LogP contribution in [-0.4, -0.2) is 19.1 Å². The van der Waals surface area contributed by atoms with Gasteiger partial charge in [-0.15, -0.1) is 0 Å². The van der Waals surface area contributed by atoms with Crippen molar-refractivity contribution in [3.63, 3.8) is 0 Å². The van der Waals surface area contributed by atoms with Crippen molar-refractivity contribution in [3.05, 3.63) is 66.2 Å². The molecule has 4 rings (SSSR count). The summed E-state index contributed by atoms with van der Waals surface area (Å²) < 4.78 is 11.2. The fourth-order valence-electron chi connectivity index (χ4n) is 2.77. The lowest BCUT2D eigenvalue weighted by molar-refractivity contribution is 0.102. The van der Waals surface area contributed by atoms with Gasteiger partial charge in [0.2, 0.25) is 0 Å². The molecule has 0 atom stereocenters. The maximum Gasteiger partial charge on any atom is 0.255 e. The van der Waals surface area contributed by atoms with E-state index in [1.165, 1.54) is 0 Å². The number of carbonyl (C=O) groups excluding carboxylic acids is 1. The molecule has 0 bridgehead atoms. The Hall–Kier alpha value is -3.01. The average molecular weight is 319 g/mol. The van der Waals surface area contributed by atoms with E-state index >= 15 is 0 Å². The van der Waals surface area contributed by atoms with Crippen molar-refractivity contribution in [3.8, 4) is 11.5 Å². The highest BCUT2D eigenvalue weighted by Crippen LogP contribution is 2.30. The largest absolute Gasteiger partial charge is 0.490 e. The molecule has 0 unspecified atom stereocenters. The molecule has 1 aliphatic rings. The van der Waals surface area contributed by atoms with Crippen LogP contribution in [0.3, 0.4) is 0 Å². The number of nitrogens with one attached hydrogen (secondary N) is 1. The Balaban J connectivity index is 1.58. The van der Waals surface area contributed by atoms with Crippen molar-refractivity contribution in [2.45, 2.75) is 6.42 Å². The molecule has 1 heterocycles. The van der Waals surface area contributed by atoms with E-state index in [0.717, 1.165) is 22.9 Å². The van der Waals surface area contributed by atoms with Crippen LogP contribution in [0.25, 0.3) is 10.8 Å². The van der Waals surface area contributed by atoms with Crippen LogP contribution in [0.4, 0.5) is 5.69 Å². The third kappa shape index (κ3) is 2.91. The van der Waals surface area contributed by atoms with Gasteiger partial charge in [0.25, 0.3) is 5.91 Å². The van der Waals surface area contributed by atoms with Gasteiger partial charge in [-0.1, -0.05) is 30.3 Å². The maximum absolute atomic E-state index is 12.5. The van der Waals surface area contributed by atoms with E-state index in [-0.39, 0.29) is 5.91 Å². The van der Waals surface area contributed by atoms with Crippen LogP contribution in [0.5, 0.6) is 11.5 Å². The highest BCUT2D eigenvalue weighted by molar-refractivity contribution is 6.05. The van der Waals surface area contributed by atoms with Crippen molar-refractivity contribution in [2.24, 2.45) is 0 Å². The van der Waals surface area contributed by atoms with Gasteiger partial charge in [0, 0.05) is 17.7 Å². The minimum Gasteiger partial charge on any atom is -0.490 e. The molecule has 4 heteroatoms. The molecule has 4 nitrogen and oxygen atoms in total. The van der Waals surface area contributed by atoms with Crippen molar-refractivity contribution in [1.29, 1.82) is 0 Å². The number of hydrogen-bond donors (Lipinski definition) is 1. The second-order valence-electron chi connectivity index (χ2n) is 5.73. The zero-order valence-electron chi connectivity index (χ0n) is 13.1. The molecule has 0 fully saturated rings. The highest BCUT2D eigenvalue weighted by Gasteiger charge is 2.14. The van der Waals surface area contributed by atoms with Gasteiger partial charge >= 0.3 is 0 Å². The van der Waals surface area contributed by atoms with Crippen LogP contribution in [0.1, 0.15) is 16.8 Å². The van der Waals surface area contributed by atoms with Gasteiger partial charge < -0.3 is 14.8 Å². The topological polar surface area (TPSA) is 47.6 Å². The van der Waals surface area contributed by atoms with Crippen LogP contribution in [0.15, 0.2) is 60.7 Å². The summed E-state index contributed by atoms with van der Waals surface area (Å²) in [5.74, 6) is 1.15. The predicted molar refractivity (Wildman–Crippen MR) is 94.0 cm³/mol. The Labute approximate surface area is 140 Å². The Kier molecular flexibility index (Phi) is 3.79. The van der Waals surface area contributed by atoms with Gasteiger partial charge in [0.1, 0.15) is 0 Å². The molecular weight excluding hydrogens is 302 g/mol. The Morgan fingerprint density at radius 1 is 0.833 bits per heavy atom. The molecule has 1 aliphatic heterocycles. The highest BCUT2D eigenvalue weighted by atomic mass is 16.5. The van der Waals surface area contributed by atoms with Gasteiger partial charge in [-0.3, -0.25) is 4.79 Å². The monoisotopic (exact) mass is 319 g/mol. The average Bonchev–Trinajstić information content (AvgIpc) is 2.86. The van der Waals surface area contributed by atoms with E-state index in [4.69, 9.17) is 9.47 Å². The summed E-state index contributed by atoms with van der Waals surface area (Å²) in [5.41, 5.74) is 1.32. The van der Waals surface area contributed by atoms with Crippen LogP contribution >= 0.6 is 0 Å². The van der Waals surface area contributed by atoms with Crippen LogP contribution in [-0.2, 0) is 0 Å². The SMILES string of the molecule is O=C(Nc1ccc2ccccc2c1)c1ccc2c(c1)OCCCO2. The lowest BCUT2D eigenvalue weighted by Crippen LogP contribution is -2.12. The number of rotatable bonds is 2. The fraction of sp³-hybridized carbons (Fsp3) is 0.150. The number of carbonyl (C=O) groups is 1. The molecule has 3 aromatic carbocycles. The summed E-state index contributed by atoms with van der Waals surface area (Å²) in [6.45, 7) is 1.23. The standard InChI is InChI=1S/C20H17NO3/c22-20(16-7-9-18-19(13-16)24-11-3-10-23-18)21-17-8-6-14-4-1-2-5-15(14)12-17/h1-2,4-9,12-13H,3,10-11H2,(H,21,22). The zero-order chi connectivity index (χ0) is 16.4. The third-order valence-electron chi connectivity index (χ3n) is 4.02. The Bertz CT molecular complexity index is 904. The van der Waals surface area contributed by atoms with E-state index < -0.39 is 0 Å². The Morgan fingerprint density at radius 2 is 1.62 bits per heavy atom. The molecule has 120 valence electrons. The molecule has 0 spiro atoms. The van der Waals surface area contributed by atoms with Crippen LogP contribution in [0.2, 0.25) is 0 Å². The minimum absolute atomic E-state index is 0.166. The lowest BCUT2D eigenvalue weighted by Gasteiger charge is -2.10. The number of anilines is 1. The number of amides is 1. The first-order chi connectivity index (χ1) is 11.8. The van der Waals surface area contributed by atoms with Gasteiger partial charge in [0.05, 0.1) is 13.2 Å². The summed E-state index contributed by atoms with van der Waals surface area (Å²) >= 11 is 0. The first-order valence-corrected chi connectivity index (χ1v) is 7.99. The van der Waals surface area contributed by atoms with E-state index in [9.17, 15) is 4.79 Å². The summed E-state index contributed by atoms with van der Waals surface area (Å²) in [4.78, 5) is 12.5. The second kappa shape index (κ2) is 6.24. The van der Waals surface area contributed by atoms with Gasteiger partial charge in [-0.25, -0.2) is 0 Å². The molecule has 0 aromatic heterocycles. The van der Waals surface area contributed by atoms with Gasteiger partial charge in [-0.05, 0) is 41.1 Å². The van der Waals surface area contributed by atoms with Crippen molar-refractivity contribution < 1.29 is 14.3 Å². The van der Waals surface area contributed by atoms with E-state index in [0.29, 0.717) is 30.3 Å². The van der Waals surface area contributed by atoms with Crippen LogP contribution in [0, 0.1) is 0 Å². The second-order valence-corrected chi connectivity index (χ2v) is 5.73. The number of hydrogen-bond acceptors (Lipinski definition) is 3. The van der Waals surface area contributed by atoms with E-state index in [2.05, 4.69) is 5.32 Å². The molecule has 1 amide bonds. The molecule has 0 aliphatic carbocycles. The van der Waals surface area contributed by atoms with E-state index in [1.807, 2.05) is 42.5 Å². The molecule has 24 heavy (non-hydrogen) atoms. The normalized spacial score (nSPS) is 13.3. The van der Waals surface area contributed by atoms with Crippen molar-refractivity contribution in [1.82, 2.24) is 0 Å². The molecule has 1 N–H and O–H groups in total. The maximum atomic E-state index is 12.5. The quantitative estimate of drug-likeness (QED) is 0.768. The third-order valence-corrected chi connectivity index (χ3v) is 4.02. The summed E-state index contributed by atoms with van der Waals surface area (Å²) in [5, 5.41) is 5.17. The summed E-state index contributed by atoms with van der Waals surface area (Å²) in [6, 6.07) is 19.2. The van der Waals surface area contributed by atoms with E-state index in [1.54, 1.807) is 18.2 Å². The predicted octanol–water partition coefficient (Wildman–Crippen LogP) is 4.25. The number of benzene rings is 3. The van der Waals surface area contributed by atoms with Crippen LogP contribution < -0.4 is 14.8 Å². The van der Waals surface area contributed by atoms with Crippen molar-refractivity contribution in [2.75, 3.05) is 18.5 Å². The number of ether oxygens (including phenoxy) is 2. The van der Waals surface area contributed by atoms with Gasteiger partial charge in [-0.2, -0.15) is 0 Å². The number of fused-ring (bicyclic) bond motifs is 2. The Morgan fingerprint density at radius 3 is 2.50 bits per heavy atom. The summed E-state index contributed by atoms with van der Waals surface area (Å²) in [7, 11) is 0. The zero-order valence-corrected chi connectivity index (χ0v) is 13.1. The molecule has 0 saturated carbocycles. The molecular formula is C20H17NO3. The first-order valence-electron chi connectivity index (χ1n) is 7.99. The van der Waals surface area contributed by atoms with Crippen molar-refractivity contribution >= 4 is 22.4 Å². The molecule has 3 aromatic rings. The first kappa shape index (κ1) is 14.6. The van der Waals surface area contributed by atoms with Gasteiger partial charge in [0.15, 0.2) is 11.5 Å².